The lowest BCUT2D eigenvalue weighted by Crippen LogP contribution is -2.29. The minimum atomic E-state index is -0.424. The van der Waals surface area contributed by atoms with Crippen molar-refractivity contribution in [1.29, 1.82) is 0 Å². The summed E-state index contributed by atoms with van der Waals surface area (Å²) in [5, 5.41) is 14.6. The lowest BCUT2D eigenvalue weighted by molar-refractivity contribution is -0.115. The maximum absolute atomic E-state index is 12.7. The molecule has 0 fully saturated rings. The fourth-order valence-corrected chi connectivity index (χ4v) is 4.29. The highest BCUT2D eigenvalue weighted by Gasteiger charge is 2.23. The number of nitrogens with one attached hydrogen (secondary N) is 2. The van der Waals surface area contributed by atoms with Gasteiger partial charge in [0.05, 0.1) is 11.3 Å². The zero-order valence-corrected chi connectivity index (χ0v) is 19.4. The second kappa shape index (κ2) is 9.95. The summed E-state index contributed by atoms with van der Waals surface area (Å²) in [6.07, 6.45) is 0. The molecule has 0 spiro atoms. The Bertz CT molecular complexity index is 1150. The van der Waals surface area contributed by atoms with E-state index in [9.17, 15) is 9.59 Å². The fraction of sp³-hybridized carbons (Fsp3) is 0.304. The molecule has 2 amide bonds. The largest absolute Gasteiger partial charge is 0.454 e. The molecule has 10 heteroatoms. The average molecular weight is 468 g/mol. The first kappa shape index (κ1) is 22.7. The van der Waals surface area contributed by atoms with Gasteiger partial charge in [0, 0.05) is 23.9 Å². The number of fused-ring (bicyclic) bond motifs is 1. The Kier molecular flexibility index (Phi) is 6.83. The van der Waals surface area contributed by atoms with E-state index in [1.807, 2.05) is 43.5 Å². The second-order valence-electron chi connectivity index (χ2n) is 7.46. The van der Waals surface area contributed by atoms with Crippen LogP contribution in [-0.2, 0) is 11.3 Å². The van der Waals surface area contributed by atoms with Gasteiger partial charge in [0.25, 0.3) is 5.91 Å². The summed E-state index contributed by atoms with van der Waals surface area (Å²) in [5.41, 5.74) is 1.21. The van der Waals surface area contributed by atoms with Crippen molar-refractivity contribution in [3.8, 4) is 11.5 Å². The van der Waals surface area contributed by atoms with E-state index in [0.717, 1.165) is 0 Å². The van der Waals surface area contributed by atoms with E-state index in [4.69, 9.17) is 9.47 Å². The molecule has 2 aromatic carbocycles. The Labute approximate surface area is 195 Å². The van der Waals surface area contributed by atoms with Gasteiger partial charge in [-0.15, -0.1) is 10.2 Å². The van der Waals surface area contributed by atoms with Crippen LogP contribution in [0.1, 0.15) is 43.0 Å². The van der Waals surface area contributed by atoms with E-state index in [1.54, 1.807) is 30.3 Å². The predicted octanol–water partition coefficient (Wildman–Crippen LogP) is 3.64. The van der Waals surface area contributed by atoms with Gasteiger partial charge in [-0.2, -0.15) is 0 Å². The molecular weight excluding hydrogens is 442 g/mol. The van der Waals surface area contributed by atoms with Crippen LogP contribution in [0.15, 0.2) is 53.7 Å². The van der Waals surface area contributed by atoms with Crippen LogP contribution in [0, 0.1) is 0 Å². The van der Waals surface area contributed by atoms with Crippen molar-refractivity contribution in [2.75, 3.05) is 12.1 Å². The van der Waals surface area contributed by atoms with Crippen molar-refractivity contribution in [3.63, 3.8) is 0 Å². The van der Waals surface area contributed by atoms with Gasteiger partial charge in [0.2, 0.25) is 12.7 Å². The van der Waals surface area contributed by atoms with Gasteiger partial charge in [0.1, 0.15) is 0 Å². The molecule has 9 nitrogen and oxygen atoms in total. The van der Waals surface area contributed by atoms with E-state index < -0.39 is 5.25 Å². The van der Waals surface area contributed by atoms with Gasteiger partial charge >= 0.3 is 0 Å². The molecule has 0 saturated heterocycles. The number of thioether (sulfide) groups is 1. The van der Waals surface area contributed by atoms with Crippen LogP contribution in [0.25, 0.3) is 0 Å². The molecule has 3 aromatic rings. The number of rotatable bonds is 8. The van der Waals surface area contributed by atoms with Gasteiger partial charge in [-0.3, -0.25) is 9.59 Å². The van der Waals surface area contributed by atoms with Gasteiger partial charge in [0.15, 0.2) is 22.5 Å². The Morgan fingerprint density at radius 2 is 1.85 bits per heavy atom. The normalized spacial score (nSPS) is 13.9. The summed E-state index contributed by atoms with van der Waals surface area (Å²) < 4.78 is 12.6. The van der Waals surface area contributed by atoms with Crippen LogP contribution in [0.2, 0.25) is 0 Å². The van der Waals surface area contributed by atoms with Crippen molar-refractivity contribution in [1.82, 2.24) is 20.1 Å². The summed E-state index contributed by atoms with van der Waals surface area (Å²) in [4.78, 5) is 25.2. The van der Waals surface area contributed by atoms with E-state index in [2.05, 4.69) is 20.8 Å². The van der Waals surface area contributed by atoms with Crippen molar-refractivity contribution >= 4 is 29.3 Å². The fourth-order valence-electron chi connectivity index (χ4n) is 3.37. The number of ether oxygens (including phenoxy) is 2. The first-order valence-electron chi connectivity index (χ1n) is 10.6. The van der Waals surface area contributed by atoms with E-state index in [0.29, 0.717) is 40.3 Å². The maximum Gasteiger partial charge on any atom is 0.251 e. The standard InChI is InChI=1S/C23H25N5O4S/c1-4-28-20(14(2)24-22(30)16-8-6-5-7-9-16)26-27-23(28)33-15(3)21(29)25-17-10-11-18-19(12-17)32-13-31-18/h5-12,14-15H,4,13H2,1-3H3,(H,24,30)(H,25,29). The highest BCUT2D eigenvalue weighted by molar-refractivity contribution is 8.00. The molecule has 2 atom stereocenters. The highest BCUT2D eigenvalue weighted by Crippen LogP contribution is 2.34. The second-order valence-corrected chi connectivity index (χ2v) is 8.77. The molecule has 172 valence electrons. The zero-order chi connectivity index (χ0) is 23.4. The van der Waals surface area contributed by atoms with Crippen molar-refractivity contribution in [2.24, 2.45) is 0 Å². The van der Waals surface area contributed by atoms with E-state index >= 15 is 0 Å². The number of carbonyl (C=O) groups excluding carboxylic acids is 2. The molecular formula is C23H25N5O4S. The number of carbonyl (C=O) groups is 2. The van der Waals surface area contributed by atoms with Crippen LogP contribution >= 0.6 is 11.8 Å². The molecule has 0 aliphatic carbocycles. The van der Waals surface area contributed by atoms with E-state index in [1.165, 1.54) is 11.8 Å². The van der Waals surface area contributed by atoms with Crippen LogP contribution in [0.4, 0.5) is 5.69 Å². The number of aromatic nitrogens is 3. The lowest BCUT2D eigenvalue weighted by Gasteiger charge is -2.16. The topological polar surface area (TPSA) is 107 Å². The maximum atomic E-state index is 12.7. The third kappa shape index (κ3) is 5.11. The summed E-state index contributed by atoms with van der Waals surface area (Å²) in [6.45, 7) is 6.42. The van der Waals surface area contributed by atoms with Crippen LogP contribution in [-0.4, -0.2) is 38.6 Å². The minimum absolute atomic E-state index is 0.170. The molecule has 2 N–H and O–H groups in total. The molecule has 1 aliphatic heterocycles. The Hall–Kier alpha value is -3.53. The van der Waals surface area contributed by atoms with Crippen LogP contribution in [0.3, 0.4) is 0 Å². The third-order valence-corrected chi connectivity index (χ3v) is 6.20. The predicted molar refractivity (Wildman–Crippen MR) is 125 cm³/mol. The minimum Gasteiger partial charge on any atom is -0.454 e. The summed E-state index contributed by atoms with van der Waals surface area (Å²) >= 11 is 1.31. The van der Waals surface area contributed by atoms with Crippen LogP contribution in [0.5, 0.6) is 11.5 Å². The number of hydrogen-bond donors (Lipinski definition) is 2. The quantitative estimate of drug-likeness (QED) is 0.487. The Balaban J connectivity index is 1.40. The molecule has 4 rings (SSSR count). The highest BCUT2D eigenvalue weighted by atomic mass is 32.2. The zero-order valence-electron chi connectivity index (χ0n) is 18.6. The van der Waals surface area contributed by atoms with Gasteiger partial charge in [-0.25, -0.2) is 0 Å². The molecule has 0 saturated carbocycles. The summed E-state index contributed by atoms with van der Waals surface area (Å²) in [7, 11) is 0. The molecule has 0 bridgehead atoms. The van der Waals surface area contributed by atoms with Crippen molar-refractivity contribution < 1.29 is 19.1 Å². The molecule has 0 radical (unpaired) electrons. The first-order chi connectivity index (χ1) is 16.0. The first-order valence-corrected chi connectivity index (χ1v) is 11.5. The van der Waals surface area contributed by atoms with Gasteiger partial charge in [-0.05, 0) is 45.0 Å². The van der Waals surface area contributed by atoms with Crippen LogP contribution < -0.4 is 20.1 Å². The number of amides is 2. The number of nitrogens with zero attached hydrogens (tertiary/aromatic N) is 3. The average Bonchev–Trinajstić information content (AvgIpc) is 3.45. The molecule has 2 unspecified atom stereocenters. The smallest absolute Gasteiger partial charge is 0.251 e. The van der Waals surface area contributed by atoms with Gasteiger partial charge < -0.3 is 24.7 Å². The summed E-state index contributed by atoms with van der Waals surface area (Å²) in [5.74, 6) is 1.55. The van der Waals surface area contributed by atoms with Crippen molar-refractivity contribution in [3.05, 3.63) is 59.9 Å². The number of hydrogen-bond acceptors (Lipinski definition) is 7. The summed E-state index contributed by atoms with van der Waals surface area (Å²) in [6, 6.07) is 13.9. The molecule has 1 aromatic heterocycles. The third-order valence-electron chi connectivity index (χ3n) is 5.12. The Morgan fingerprint density at radius 3 is 2.61 bits per heavy atom. The molecule has 33 heavy (non-hydrogen) atoms. The number of anilines is 1. The van der Waals surface area contributed by atoms with E-state index in [-0.39, 0.29) is 24.6 Å². The van der Waals surface area contributed by atoms with Crippen molar-refractivity contribution in [2.45, 2.75) is 43.8 Å². The van der Waals surface area contributed by atoms with Gasteiger partial charge in [-0.1, -0.05) is 30.0 Å². The molecule has 1 aliphatic rings. The lowest BCUT2D eigenvalue weighted by atomic mass is 10.2. The monoisotopic (exact) mass is 467 g/mol. The Morgan fingerprint density at radius 1 is 1.09 bits per heavy atom. The number of benzene rings is 2. The SMILES string of the molecule is CCn1c(SC(C)C(=O)Nc2ccc3c(c2)OCO3)nnc1C(C)NC(=O)c1ccccc1. The molecule has 2 heterocycles.